The van der Waals surface area contributed by atoms with Crippen molar-refractivity contribution in [3.63, 3.8) is 0 Å². The Morgan fingerprint density at radius 2 is 1.88 bits per heavy atom. The molecule has 0 saturated carbocycles. The van der Waals surface area contributed by atoms with Crippen LogP contribution in [0.15, 0.2) is 52.9 Å². The van der Waals surface area contributed by atoms with E-state index in [1.54, 1.807) is 36.4 Å². The number of fused-ring (bicyclic) bond motifs is 1. The van der Waals surface area contributed by atoms with Crippen molar-refractivity contribution in [2.24, 2.45) is 0 Å². The van der Waals surface area contributed by atoms with Crippen molar-refractivity contribution < 1.29 is 18.8 Å². The number of hydroxylamine groups is 1. The second-order valence-corrected chi connectivity index (χ2v) is 6.03. The number of amides is 2. The summed E-state index contributed by atoms with van der Waals surface area (Å²) < 4.78 is 5.54. The molecule has 0 aliphatic carbocycles. The van der Waals surface area contributed by atoms with Gasteiger partial charge < -0.3 is 9.73 Å². The van der Waals surface area contributed by atoms with Gasteiger partial charge in [-0.2, -0.15) is 0 Å². The summed E-state index contributed by atoms with van der Waals surface area (Å²) in [6.45, 7) is 2.24. The van der Waals surface area contributed by atoms with E-state index in [0.29, 0.717) is 16.2 Å². The van der Waals surface area contributed by atoms with Crippen LogP contribution in [0.2, 0.25) is 5.02 Å². The van der Waals surface area contributed by atoms with Crippen molar-refractivity contribution in [2.45, 2.75) is 6.92 Å². The molecule has 0 radical (unpaired) electrons. The summed E-state index contributed by atoms with van der Waals surface area (Å²) in [5.74, 6) is -0.557. The van der Waals surface area contributed by atoms with Gasteiger partial charge >= 0.3 is 0 Å². The average molecular weight is 373 g/mol. The van der Waals surface area contributed by atoms with Crippen molar-refractivity contribution in [3.8, 4) is 0 Å². The van der Waals surface area contributed by atoms with E-state index in [2.05, 4.69) is 10.8 Å². The summed E-state index contributed by atoms with van der Waals surface area (Å²) in [4.78, 5) is 29.0. The van der Waals surface area contributed by atoms with Crippen molar-refractivity contribution in [1.82, 2.24) is 10.8 Å². The Morgan fingerprint density at radius 3 is 2.62 bits per heavy atom. The molecule has 3 aromatic rings. The molecule has 2 amide bonds. The molecule has 0 saturated heterocycles. The number of carbonyl (C=O) groups is 2. The molecule has 1 heterocycles. The summed E-state index contributed by atoms with van der Waals surface area (Å²) in [5.41, 5.74) is 4.27. The number of nitrogens with one attached hydrogen (secondary N) is 2. The number of furan rings is 1. The van der Waals surface area contributed by atoms with Gasteiger partial charge in [0.15, 0.2) is 11.3 Å². The molecule has 1 aromatic heterocycles. The van der Waals surface area contributed by atoms with E-state index in [4.69, 9.17) is 20.9 Å². The topological polar surface area (TPSA) is 80.6 Å². The first-order valence-corrected chi connectivity index (χ1v) is 8.38. The summed E-state index contributed by atoms with van der Waals surface area (Å²) in [6.07, 6.45) is 0. The van der Waals surface area contributed by atoms with Crippen LogP contribution in [-0.2, 0) is 4.84 Å². The fraction of sp³-hybridized carbons (Fsp3) is 0.158. The summed E-state index contributed by atoms with van der Waals surface area (Å²) in [7, 11) is 0. The zero-order valence-corrected chi connectivity index (χ0v) is 14.8. The molecule has 0 unspecified atom stereocenters. The van der Waals surface area contributed by atoms with Gasteiger partial charge in [-0.15, -0.1) is 0 Å². The molecule has 7 heteroatoms. The highest BCUT2D eigenvalue weighted by Crippen LogP contribution is 2.29. The highest BCUT2D eigenvalue weighted by Gasteiger charge is 2.15. The number of aryl methyl sites for hydroxylation is 1. The second-order valence-electron chi connectivity index (χ2n) is 5.62. The highest BCUT2D eigenvalue weighted by molar-refractivity contribution is 6.35. The van der Waals surface area contributed by atoms with Crippen LogP contribution in [-0.4, -0.2) is 25.0 Å². The molecule has 6 nitrogen and oxygen atoms in total. The maximum atomic E-state index is 12.2. The first kappa shape index (κ1) is 18.0. The summed E-state index contributed by atoms with van der Waals surface area (Å²) in [5, 5.41) is 3.92. The van der Waals surface area contributed by atoms with Crippen LogP contribution in [0, 0.1) is 6.92 Å². The first-order valence-electron chi connectivity index (χ1n) is 8.00. The highest BCUT2D eigenvalue weighted by atomic mass is 35.5. The monoisotopic (exact) mass is 372 g/mol. The number of halogens is 1. The van der Waals surface area contributed by atoms with Gasteiger partial charge in [0, 0.05) is 17.5 Å². The molecule has 0 spiro atoms. The van der Waals surface area contributed by atoms with Crippen LogP contribution in [0.5, 0.6) is 0 Å². The average Bonchev–Trinajstić information content (AvgIpc) is 3.12. The van der Waals surface area contributed by atoms with Gasteiger partial charge in [-0.3, -0.25) is 14.4 Å². The molecule has 0 aliphatic heterocycles. The molecule has 0 atom stereocenters. The van der Waals surface area contributed by atoms with Gasteiger partial charge in [-0.05, 0) is 36.8 Å². The minimum atomic E-state index is -0.380. The zero-order valence-electron chi connectivity index (χ0n) is 14.0. The van der Waals surface area contributed by atoms with E-state index >= 15 is 0 Å². The van der Waals surface area contributed by atoms with E-state index in [9.17, 15) is 9.59 Å². The maximum absolute atomic E-state index is 12.2. The smallest absolute Gasteiger partial charge is 0.287 e. The zero-order chi connectivity index (χ0) is 18.5. The van der Waals surface area contributed by atoms with Crippen LogP contribution < -0.4 is 10.8 Å². The van der Waals surface area contributed by atoms with Crippen molar-refractivity contribution >= 4 is 34.4 Å². The van der Waals surface area contributed by atoms with Crippen LogP contribution in [0.25, 0.3) is 11.0 Å². The van der Waals surface area contributed by atoms with Gasteiger partial charge in [0.1, 0.15) is 0 Å². The lowest BCUT2D eigenvalue weighted by molar-refractivity contribution is 0.0322. The molecule has 0 fully saturated rings. The molecular formula is C19H17ClN2O4. The van der Waals surface area contributed by atoms with Gasteiger partial charge in [-0.1, -0.05) is 35.9 Å². The van der Waals surface area contributed by atoms with Gasteiger partial charge in [0.2, 0.25) is 0 Å². The van der Waals surface area contributed by atoms with Crippen LogP contribution >= 0.6 is 11.6 Å². The molecule has 2 aromatic carbocycles. The van der Waals surface area contributed by atoms with E-state index < -0.39 is 0 Å². The van der Waals surface area contributed by atoms with E-state index in [0.717, 1.165) is 10.9 Å². The van der Waals surface area contributed by atoms with E-state index in [-0.39, 0.29) is 30.7 Å². The second kappa shape index (κ2) is 8.03. The molecule has 0 aliphatic rings. The van der Waals surface area contributed by atoms with E-state index in [1.807, 2.05) is 19.1 Å². The third-order valence-electron chi connectivity index (χ3n) is 3.77. The van der Waals surface area contributed by atoms with Gasteiger partial charge in [0.05, 0.1) is 11.6 Å². The van der Waals surface area contributed by atoms with Crippen molar-refractivity contribution in [3.05, 3.63) is 70.4 Å². The molecule has 134 valence electrons. The fourth-order valence-corrected chi connectivity index (χ4v) is 2.61. The van der Waals surface area contributed by atoms with Gasteiger partial charge in [-0.25, -0.2) is 5.48 Å². The SMILES string of the molecule is Cc1ccc(Cl)c2oc(C(=O)NCCONC(=O)c3ccccc3)cc12. The lowest BCUT2D eigenvalue weighted by Crippen LogP contribution is -2.31. The minimum absolute atomic E-state index is 0.115. The Morgan fingerprint density at radius 1 is 1.12 bits per heavy atom. The molecule has 26 heavy (non-hydrogen) atoms. The predicted octanol–water partition coefficient (Wildman–Crippen LogP) is 3.49. The lowest BCUT2D eigenvalue weighted by Gasteiger charge is -2.06. The predicted molar refractivity (Wildman–Crippen MR) is 98.2 cm³/mol. The first-order chi connectivity index (χ1) is 12.6. The molecular weight excluding hydrogens is 356 g/mol. The minimum Gasteiger partial charge on any atom is -0.449 e. The number of benzene rings is 2. The maximum Gasteiger partial charge on any atom is 0.287 e. The third-order valence-corrected chi connectivity index (χ3v) is 4.07. The largest absolute Gasteiger partial charge is 0.449 e. The van der Waals surface area contributed by atoms with Crippen LogP contribution in [0.4, 0.5) is 0 Å². The fourth-order valence-electron chi connectivity index (χ4n) is 2.40. The van der Waals surface area contributed by atoms with Crippen LogP contribution in [0.3, 0.4) is 0 Å². The third kappa shape index (κ3) is 4.04. The number of hydrogen-bond donors (Lipinski definition) is 2. The normalized spacial score (nSPS) is 10.7. The Kier molecular flexibility index (Phi) is 5.55. The van der Waals surface area contributed by atoms with Crippen molar-refractivity contribution in [2.75, 3.05) is 13.2 Å². The Balaban J connectivity index is 1.48. The summed E-state index contributed by atoms with van der Waals surface area (Å²) in [6, 6.07) is 13.9. The Hall–Kier alpha value is -2.83. The number of hydrogen-bond acceptors (Lipinski definition) is 4. The standard InChI is InChI=1S/C19H17ClN2O4/c1-12-7-8-15(20)17-14(12)11-16(26-17)19(24)21-9-10-25-22-18(23)13-5-3-2-4-6-13/h2-8,11H,9-10H2,1H3,(H,21,24)(H,22,23). The summed E-state index contributed by atoms with van der Waals surface area (Å²) >= 11 is 6.09. The molecule has 0 bridgehead atoms. The number of rotatable bonds is 6. The number of carbonyl (C=O) groups excluding carboxylic acids is 2. The van der Waals surface area contributed by atoms with E-state index in [1.165, 1.54) is 0 Å². The van der Waals surface area contributed by atoms with Crippen molar-refractivity contribution in [1.29, 1.82) is 0 Å². The molecule has 2 N–H and O–H groups in total. The Labute approximate surface area is 155 Å². The molecule has 3 rings (SSSR count). The lowest BCUT2D eigenvalue weighted by atomic mass is 10.1. The van der Waals surface area contributed by atoms with Gasteiger partial charge in [0.25, 0.3) is 11.8 Å². The van der Waals surface area contributed by atoms with Crippen LogP contribution in [0.1, 0.15) is 26.5 Å². The Bertz CT molecular complexity index is 898. The quantitative estimate of drug-likeness (QED) is 0.512.